The molecule has 0 saturated carbocycles. The maximum Gasteiger partial charge on any atom is 0.264 e. The number of carbonyl (C=O) groups is 2. The van der Waals surface area contributed by atoms with Gasteiger partial charge in [0.25, 0.3) is 10.0 Å². The summed E-state index contributed by atoms with van der Waals surface area (Å²) < 4.78 is 35.2. The number of nitrogens with one attached hydrogen (secondary N) is 1. The van der Waals surface area contributed by atoms with Crippen LogP contribution in [-0.2, 0) is 32.6 Å². The third-order valence-electron chi connectivity index (χ3n) is 8.00. The fraction of sp³-hybridized carbons (Fsp3) is 0.297. The number of halogens is 1. The van der Waals surface area contributed by atoms with Gasteiger partial charge in [-0.25, -0.2) is 8.42 Å². The lowest BCUT2D eigenvalue weighted by atomic mass is 10.0. The van der Waals surface area contributed by atoms with Crippen molar-refractivity contribution in [1.82, 2.24) is 10.2 Å². The number of nitrogens with zero attached hydrogens (tertiary/aromatic N) is 2. The van der Waals surface area contributed by atoms with Gasteiger partial charge in [0.1, 0.15) is 18.3 Å². The zero-order chi connectivity index (χ0) is 34.0. The molecule has 0 fully saturated rings. The largest absolute Gasteiger partial charge is 0.495 e. The maximum absolute atomic E-state index is 14.7. The molecule has 0 radical (unpaired) electrons. The third-order valence-corrected chi connectivity index (χ3v) is 10.0. The van der Waals surface area contributed by atoms with Crippen molar-refractivity contribution in [3.63, 3.8) is 0 Å². The second kappa shape index (κ2) is 16.5. The van der Waals surface area contributed by atoms with E-state index in [1.807, 2.05) is 75.4 Å². The van der Waals surface area contributed by atoms with Crippen molar-refractivity contribution in [2.24, 2.45) is 0 Å². The van der Waals surface area contributed by atoms with Crippen LogP contribution >= 0.6 is 11.6 Å². The van der Waals surface area contributed by atoms with Gasteiger partial charge in [0.2, 0.25) is 11.8 Å². The van der Waals surface area contributed by atoms with E-state index < -0.39 is 28.5 Å². The first kappa shape index (κ1) is 35.5. The number of benzene rings is 4. The number of sulfonamides is 1. The van der Waals surface area contributed by atoms with Gasteiger partial charge in [0, 0.05) is 24.5 Å². The first-order valence-electron chi connectivity index (χ1n) is 15.6. The summed E-state index contributed by atoms with van der Waals surface area (Å²) in [6.07, 6.45) is 1.91. The fourth-order valence-electron chi connectivity index (χ4n) is 5.24. The Labute approximate surface area is 283 Å². The predicted octanol–water partition coefficient (Wildman–Crippen LogP) is 6.72. The van der Waals surface area contributed by atoms with Crippen LogP contribution in [0, 0.1) is 13.8 Å². The number of rotatable bonds is 15. The molecule has 0 aliphatic rings. The molecule has 0 unspecified atom stereocenters. The fourth-order valence-corrected chi connectivity index (χ4v) is 6.82. The molecule has 0 aliphatic heterocycles. The molecule has 0 spiro atoms. The lowest BCUT2D eigenvalue weighted by Crippen LogP contribution is -2.53. The van der Waals surface area contributed by atoms with E-state index in [1.165, 1.54) is 30.2 Å². The minimum Gasteiger partial charge on any atom is -0.495 e. The molecule has 0 aliphatic carbocycles. The normalized spacial score (nSPS) is 11.9. The van der Waals surface area contributed by atoms with E-state index in [-0.39, 0.29) is 40.2 Å². The molecule has 0 saturated heterocycles. The number of amides is 2. The number of hydrogen-bond acceptors (Lipinski definition) is 5. The second-order valence-electron chi connectivity index (χ2n) is 11.4. The highest BCUT2D eigenvalue weighted by Gasteiger charge is 2.35. The maximum atomic E-state index is 14.7. The summed E-state index contributed by atoms with van der Waals surface area (Å²) in [5.74, 6) is -0.642. The van der Waals surface area contributed by atoms with E-state index >= 15 is 0 Å². The summed E-state index contributed by atoms with van der Waals surface area (Å²) >= 11 is 6.38. The number of methoxy groups -OCH3 is 1. The van der Waals surface area contributed by atoms with Gasteiger partial charge in [0.15, 0.2) is 0 Å². The summed E-state index contributed by atoms with van der Waals surface area (Å²) in [6, 6.07) is 27.2. The van der Waals surface area contributed by atoms with Crippen molar-refractivity contribution >= 4 is 39.1 Å². The van der Waals surface area contributed by atoms with Gasteiger partial charge < -0.3 is 15.0 Å². The minimum absolute atomic E-state index is 0.00141. The van der Waals surface area contributed by atoms with Crippen molar-refractivity contribution in [2.45, 2.75) is 57.5 Å². The standard InChI is InChI=1S/C37H42ClN3O5S/c1-5-6-22-39-37(43)34(23-29-13-8-7-9-14-29)40(25-30-15-11-10-12-28(30)3)36(42)26-41(33-24-31(38)18-21-35(33)46-4)47(44,45)32-19-16-27(2)17-20-32/h7-21,24,34H,5-6,22-23,25-26H2,1-4H3,(H,39,43)/t34-/m1/s1. The molecule has 2 amide bonds. The van der Waals surface area contributed by atoms with Crippen molar-refractivity contribution < 1.29 is 22.7 Å². The zero-order valence-electron chi connectivity index (χ0n) is 27.3. The number of ether oxygens (including phenoxy) is 1. The molecular weight excluding hydrogens is 634 g/mol. The summed E-state index contributed by atoms with van der Waals surface area (Å²) in [6.45, 7) is 5.78. The molecule has 1 N–H and O–H groups in total. The van der Waals surface area contributed by atoms with Crippen molar-refractivity contribution in [2.75, 3.05) is 24.5 Å². The van der Waals surface area contributed by atoms with E-state index in [2.05, 4.69) is 5.32 Å². The van der Waals surface area contributed by atoms with Crippen LogP contribution in [0.4, 0.5) is 5.69 Å². The SMILES string of the molecule is CCCCNC(=O)[C@@H](Cc1ccccc1)N(Cc1ccccc1C)C(=O)CN(c1cc(Cl)ccc1OC)S(=O)(=O)c1ccc(C)cc1. The Bertz CT molecular complexity index is 1760. The Hall–Kier alpha value is -4.34. The summed E-state index contributed by atoms with van der Waals surface area (Å²) in [5, 5.41) is 3.28. The molecule has 0 aromatic heterocycles. The van der Waals surface area contributed by atoms with E-state index in [0.717, 1.165) is 39.4 Å². The molecule has 4 aromatic carbocycles. The molecule has 248 valence electrons. The smallest absolute Gasteiger partial charge is 0.264 e. The molecule has 47 heavy (non-hydrogen) atoms. The molecule has 8 nitrogen and oxygen atoms in total. The molecule has 10 heteroatoms. The summed E-state index contributed by atoms with van der Waals surface area (Å²) in [5.41, 5.74) is 3.64. The predicted molar refractivity (Wildman–Crippen MR) is 187 cm³/mol. The molecule has 4 rings (SSSR count). The minimum atomic E-state index is -4.31. The van der Waals surface area contributed by atoms with Crippen LogP contribution in [0.2, 0.25) is 5.02 Å². The number of hydrogen-bond donors (Lipinski definition) is 1. The van der Waals surface area contributed by atoms with E-state index in [0.29, 0.717) is 6.54 Å². The van der Waals surface area contributed by atoms with Crippen molar-refractivity contribution in [3.8, 4) is 5.75 Å². The zero-order valence-corrected chi connectivity index (χ0v) is 28.9. The van der Waals surface area contributed by atoms with Crippen LogP contribution in [0.15, 0.2) is 102 Å². The Morgan fingerprint density at radius 2 is 1.60 bits per heavy atom. The number of anilines is 1. The Morgan fingerprint density at radius 1 is 0.915 bits per heavy atom. The quantitative estimate of drug-likeness (QED) is 0.141. The average molecular weight is 676 g/mol. The van der Waals surface area contributed by atoms with Crippen molar-refractivity contribution in [1.29, 1.82) is 0 Å². The van der Waals surface area contributed by atoms with Crippen LogP contribution in [0.3, 0.4) is 0 Å². The lowest BCUT2D eigenvalue weighted by Gasteiger charge is -2.34. The highest BCUT2D eigenvalue weighted by atomic mass is 35.5. The average Bonchev–Trinajstić information content (AvgIpc) is 3.06. The molecular formula is C37H42ClN3O5S. The van der Waals surface area contributed by atoms with Gasteiger partial charge in [-0.3, -0.25) is 13.9 Å². The van der Waals surface area contributed by atoms with Crippen LogP contribution in [0.1, 0.15) is 42.0 Å². The van der Waals surface area contributed by atoms with Gasteiger partial charge in [-0.1, -0.05) is 97.2 Å². The molecule has 4 aromatic rings. The van der Waals surface area contributed by atoms with Crippen LogP contribution in [0.5, 0.6) is 5.75 Å². The number of aryl methyl sites for hydroxylation is 2. The number of unbranched alkanes of at least 4 members (excludes halogenated alkanes) is 1. The van der Waals surface area contributed by atoms with E-state index in [1.54, 1.807) is 24.3 Å². The highest BCUT2D eigenvalue weighted by Crippen LogP contribution is 2.35. The first-order chi connectivity index (χ1) is 22.5. The van der Waals surface area contributed by atoms with Crippen LogP contribution in [-0.4, -0.2) is 51.4 Å². The van der Waals surface area contributed by atoms with Gasteiger partial charge >= 0.3 is 0 Å². The second-order valence-corrected chi connectivity index (χ2v) is 13.7. The van der Waals surface area contributed by atoms with Gasteiger partial charge in [0.05, 0.1) is 17.7 Å². The summed E-state index contributed by atoms with van der Waals surface area (Å²) in [4.78, 5) is 30.1. The molecule has 0 bridgehead atoms. The topological polar surface area (TPSA) is 96.0 Å². The molecule has 1 atom stereocenters. The Balaban J connectivity index is 1.85. The Morgan fingerprint density at radius 3 is 2.26 bits per heavy atom. The molecule has 0 heterocycles. The lowest BCUT2D eigenvalue weighted by molar-refractivity contribution is -0.140. The van der Waals surface area contributed by atoms with Crippen molar-refractivity contribution in [3.05, 3.63) is 124 Å². The van der Waals surface area contributed by atoms with E-state index in [9.17, 15) is 18.0 Å². The number of carbonyl (C=O) groups excluding carboxylic acids is 2. The monoisotopic (exact) mass is 675 g/mol. The van der Waals surface area contributed by atoms with Crippen LogP contribution in [0.25, 0.3) is 0 Å². The Kier molecular flexibility index (Phi) is 12.4. The first-order valence-corrected chi connectivity index (χ1v) is 17.5. The van der Waals surface area contributed by atoms with Gasteiger partial charge in [-0.15, -0.1) is 0 Å². The third kappa shape index (κ3) is 9.14. The summed E-state index contributed by atoms with van der Waals surface area (Å²) in [7, 11) is -2.88. The highest BCUT2D eigenvalue weighted by molar-refractivity contribution is 7.92. The van der Waals surface area contributed by atoms with Crippen LogP contribution < -0.4 is 14.4 Å². The van der Waals surface area contributed by atoms with E-state index in [4.69, 9.17) is 16.3 Å². The van der Waals surface area contributed by atoms with Gasteiger partial charge in [-0.2, -0.15) is 0 Å². The van der Waals surface area contributed by atoms with Gasteiger partial charge in [-0.05, 0) is 67.3 Å².